The van der Waals surface area contributed by atoms with Crippen LogP contribution in [0.2, 0.25) is 0 Å². The van der Waals surface area contributed by atoms with Crippen molar-refractivity contribution in [2.75, 3.05) is 5.32 Å². The van der Waals surface area contributed by atoms with E-state index in [2.05, 4.69) is 27.8 Å². The summed E-state index contributed by atoms with van der Waals surface area (Å²) in [4.78, 5) is 11.5. The Balaban J connectivity index is 1.79. The van der Waals surface area contributed by atoms with Crippen LogP contribution in [0.25, 0.3) is 0 Å². The molecule has 2 rings (SSSR count). The van der Waals surface area contributed by atoms with E-state index in [1.807, 2.05) is 0 Å². The highest BCUT2D eigenvalue weighted by Crippen LogP contribution is 2.28. The predicted molar refractivity (Wildman–Crippen MR) is 75.6 cm³/mol. The summed E-state index contributed by atoms with van der Waals surface area (Å²) in [5, 5.41) is 15.6. The van der Waals surface area contributed by atoms with Crippen LogP contribution in [0.3, 0.4) is 0 Å². The molecule has 5 nitrogen and oxygen atoms in total. The van der Waals surface area contributed by atoms with E-state index in [1.54, 1.807) is 0 Å². The van der Waals surface area contributed by atoms with E-state index in [0.717, 1.165) is 37.1 Å². The van der Waals surface area contributed by atoms with Crippen LogP contribution in [0.1, 0.15) is 37.6 Å². The molecule has 1 aliphatic rings. The Morgan fingerprint density at radius 2 is 2.28 bits per heavy atom. The normalized spacial score (nSPS) is 14.3. The Labute approximate surface area is 115 Å². The van der Waals surface area contributed by atoms with Gasteiger partial charge in [0.05, 0.1) is 0 Å². The van der Waals surface area contributed by atoms with Crippen LogP contribution in [0.5, 0.6) is 0 Å². The zero-order valence-electron chi connectivity index (χ0n) is 10.2. The standard InChI is InChI=1S/C11H16N4OS2/c1-2-3-4-8-14-15-11(18-8)13-10(17)12-9(16)7-5-6-7/h7H,2-6H2,1H3,(H2,12,13,15,16,17). The molecular formula is C11H16N4OS2. The maximum Gasteiger partial charge on any atom is 0.229 e. The summed E-state index contributed by atoms with van der Waals surface area (Å²) in [5.41, 5.74) is 0. The quantitative estimate of drug-likeness (QED) is 0.811. The highest BCUT2D eigenvalue weighted by Gasteiger charge is 2.30. The summed E-state index contributed by atoms with van der Waals surface area (Å²) >= 11 is 6.53. The fourth-order valence-corrected chi connectivity index (χ4v) is 2.47. The molecule has 2 N–H and O–H groups in total. The number of carbonyl (C=O) groups is 1. The van der Waals surface area contributed by atoms with E-state index in [9.17, 15) is 4.79 Å². The first-order chi connectivity index (χ1) is 8.69. The number of aryl methyl sites for hydroxylation is 1. The van der Waals surface area contributed by atoms with Crippen LogP contribution in [-0.2, 0) is 11.2 Å². The number of nitrogens with zero attached hydrogens (tertiary/aromatic N) is 2. The fourth-order valence-electron chi connectivity index (χ4n) is 1.42. The first-order valence-electron chi connectivity index (χ1n) is 6.13. The Morgan fingerprint density at radius 1 is 1.50 bits per heavy atom. The molecule has 0 atom stereocenters. The number of aromatic nitrogens is 2. The van der Waals surface area contributed by atoms with E-state index < -0.39 is 0 Å². The first-order valence-corrected chi connectivity index (χ1v) is 7.35. The third-order valence-electron chi connectivity index (χ3n) is 2.62. The summed E-state index contributed by atoms with van der Waals surface area (Å²) in [6.07, 6.45) is 5.12. The van der Waals surface area contributed by atoms with E-state index >= 15 is 0 Å². The van der Waals surface area contributed by atoms with Gasteiger partial charge in [0, 0.05) is 12.3 Å². The van der Waals surface area contributed by atoms with Gasteiger partial charge in [-0.15, -0.1) is 10.2 Å². The molecule has 0 aromatic carbocycles. The minimum Gasteiger partial charge on any atom is -0.307 e. The number of hydrogen-bond acceptors (Lipinski definition) is 5. The lowest BCUT2D eigenvalue weighted by molar-refractivity contribution is -0.120. The van der Waals surface area contributed by atoms with Crippen LogP contribution in [0, 0.1) is 5.92 Å². The van der Waals surface area contributed by atoms with Gasteiger partial charge in [0.25, 0.3) is 0 Å². The number of thiocarbonyl (C=S) groups is 1. The van der Waals surface area contributed by atoms with Crippen molar-refractivity contribution in [3.05, 3.63) is 5.01 Å². The predicted octanol–water partition coefficient (Wildman–Crippen LogP) is 2.10. The zero-order valence-corrected chi connectivity index (χ0v) is 11.9. The van der Waals surface area contributed by atoms with Crippen molar-refractivity contribution in [2.24, 2.45) is 5.92 Å². The van der Waals surface area contributed by atoms with Gasteiger partial charge in [0.15, 0.2) is 5.11 Å². The molecule has 1 fully saturated rings. The smallest absolute Gasteiger partial charge is 0.229 e. The van der Waals surface area contributed by atoms with Crippen LogP contribution >= 0.6 is 23.6 Å². The maximum atomic E-state index is 11.5. The van der Waals surface area contributed by atoms with Crippen molar-refractivity contribution in [3.63, 3.8) is 0 Å². The number of rotatable bonds is 5. The van der Waals surface area contributed by atoms with Gasteiger partial charge < -0.3 is 10.6 Å². The second-order valence-corrected chi connectivity index (χ2v) is 5.79. The third kappa shape index (κ3) is 3.99. The van der Waals surface area contributed by atoms with Crippen LogP contribution in [0.15, 0.2) is 0 Å². The summed E-state index contributed by atoms with van der Waals surface area (Å²) in [6, 6.07) is 0. The molecular weight excluding hydrogens is 268 g/mol. The number of anilines is 1. The monoisotopic (exact) mass is 284 g/mol. The van der Waals surface area contributed by atoms with E-state index in [-0.39, 0.29) is 11.8 Å². The number of unbranched alkanes of at least 4 members (excludes halogenated alkanes) is 1. The van der Waals surface area contributed by atoms with Gasteiger partial charge in [-0.1, -0.05) is 24.7 Å². The maximum absolute atomic E-state index is 11.5. The van der Waals surface area contributed by atoms with Crippen LogP contribution < -0.4 is 10.6 Å². The largest absolute Gasteiger partial charge is 0.307 e. The van der Waals surface area contributed by atoms with Gasteiger partial charge >= 0.3 is 0 Å². The molecule has 1 aromatic heterocycles. The van der Waals surface area contributed by atoms with Gasteiger partial charge in [0.1, 0.15) is 5.01 Å². The third-order valence-corrected chi connectivity index (χ3v) is 3.72. The molecule has 0 radical (unpaired) electrons. The number of amides is 1. The van der Waals surface area contributed by atoms with E-state index in [1.165, 1.54) is 11.3 Å². The highest BCUT2D eigenvalue weighted by molar-refractivity contribution is 7.80. The SMILES string of the molecule is CCCCc1nnc(NC(=S)NC(=O)C2CC2)s1. The van der Waals surface area contributed by atoms with Gasteiger partial charge in [-0.2, -0.15) is 0 Å². The fraction of sp³-hybridized carbons (Fsp3) is 0.636. The van der Waals surface area contributed by atoms with Crippen molar-refractivity contribution in [1.29, 1.82) is 0 Å². The Morgan fingerprint density at radius 3 is 2.94 bits per heavy atom. The van der Waals surface area contributed by atoms with Gasteiger partial charge in [-0.05, 0) is 31.5 Å². The number of nitrogens with one attached hydrogen (secondary N) is 2. The molecule has 1 aliphatic carbocycles. The molecule has 18 heavy (non-hydrogen) atoms. The van der Waals surface area contributed by atoms with Crippen LogP contribution in [-0.4, -0.2) is 21.2 Å². The average Bonchev–Trinajstić information content (AvgIpc) is 3.09. The molecule has 1 aromatic rings. The number of carbonyl (C=O) groups excluding carboxylic acids is 1. The molecule has 0 unspecified atom stereocenters. The van der Waals surface area contributed by atoms with E-state index in [4.69, 9.17) is 12.2 Å². The Bertz CT molecular complexity index is 442. The summed E-state index contributed by atoms with van der Waals surface area (Å²) in [5.74, 6) is 0.155. The first kappa shape index (κ1) is 13.4. The molecule has 0 aliphatic heterocycles. The minimum absolute atomic E-state index is 0.00298. The molecule has 98 valence electrons. The lowest BCUT2D eigenvalue weighted by Crippen LogP contribution is -2.35. The second kappa shape index (κ2) is 6.19. The average molecular weight is 284 g/mol. The van der Waals surface area contributed by atoms with Crippen molar-refractivity contribution < 1.29 is 4.79 Å². The molecule has 1 heterocycles. The number of hydrogen-bond donors (Lipinski definition) is 2. The molecule has 0 spiro atoms. The second-order valence-electron chi connectivity index (χ2n) is 4.32. The molecule has 7 heteroatoms. The zero-order chi connectivity index (χ0) is 13.0. The van der Waals surface area contributed by atoms with Gasteiger partial charge in [0.2, 0.25) is 11.0 Å². The topological polar surface area (TPSA) is 66.9 Å². The summed E-state index contributed by atoms with van der Waals surface area (Å²) < 4.78 is 0. The Hall–Kier alpha value is -1.08. The molecule has 1 amide bonds. The Kier molecular flexibility index (Phi) is 4.60. The van der Waals surface area contributed by atoms with Crippen molar-refractivity contribution in [3.8, 4) is 0 Å². The summed E-state index contributed by atoms with van der Waals surface area (Å²) in [7, 11) is 0. The van der Waals surface area contributed by atoms with Crippen molar-refractivity contribution in [2.45, 2.75) is 39.0 Å². The minimum atomic E-state index is 0.00298. The van der Waals surface area contributed by atoms with Gasteiger partial charge in [-0.25, -0.2) is 0 Å². The lowest BCUT2D eigenvalue weighted by Gasteiger charge is -2.05. The lowest BCUT2D eigenvalue weighted by atomic mass is 10.3. The van der Waals surface area contributed by atoms with Crippen molar-refractivity contribution >= 4 is 39.7 Å². The van der Waals surface area contributed by atoms with Crippen molar-refractivity contribution in [1.82, 2.24) is 15.5 Å². The van der Waals surface area contributed by atoms with Gasteiger partial charge in [-0.3, -0.25) is 4.79 Å². The molecule has 0 saturated heterocycles. The highest BCUT2D eigenvalue weighted by atomic mass is 32.1. The molecule has 0 bridgehead atoms. The van der Waals surface area contributed by atoms with Crippen LogP contribution in [0.4, 0.5) is 5.13 Å². The van der Waals surface area contributed by atoms with E-state index in [0.29, 0.717) is 10.2 Å². The summed E-state index contributed by atoms with van der Waals surface area (Å²) in [6.45, 7) is 2.14. The molecule has 1 saturated carbocycles.